The molecule has 0 radical (unpaired) electrons. The van der Waals surface area contributed by atoms with Crippen molar-refractivity contribution in [1.29, 1.82) is 0 Å². The summed E-state index contributed by atoms with van der Waals surface area (Å²) in [7, 11) is 0. The molecule has 7 nitrogen and oxygen atoms in total. The average Bonchev–Trinajstić information content (AvgIpc) is 3.12. The molecule has 1 amide bonds. The standard InChI is InChI=1S/C26H27ClN2O5/c1-2-14-34-21-5-3-4-19(17-21)23-22(24(30)18-6-8-20(27)9-7-18)25(31)26(32)29(23)11-10-28-12-15-33-16-13-28/h2-9,17,23,30H,1,10-16H2. The van der Waals surface area contributed by atoms with E-state index in [2.05, 4.69) is 11.5 Å². The van der Waals surface area contributed by atoms with Crippen LogP contribution in [0.4, 0.5) is 0 Å². The maximum absolute atomic E-state index is 13.2. The number of benzene rings is 2. The number of morpholine rings is 1. The molecule has 1 unspecified atom stereocenters. The fraction of sp³-hybridized carbons (Fsp3) is 0.308. The molecule has 0 spiro atoms. The van der Waals surface area contributed by atoms with Gasteiger partial charge in [0, 0.05) is 36.8 Å². The van der Waals surface area contributed by atoms with Gasteiger partial charge in [-0.05, 0) is 42.0 Å². The van der Waals surface area contributed by atoms with Gasteiger partial charge in [-0.1, -0.05) is 36.4 Å². The molecule has 2 aromatic rings. The van der Waals surface area contributed by atoms with Gasteiger partial charge < -0.3 is 19.5 Å². The number of amides is 1. The summed E-state index contributed by atoms with van der Waals surface area (Å²) < 4.78 is 11.1. The SMILES string of the molecule is C=CCOc1cccc(C2C(=C(O)c3ccc(Cl)cc3)C(=O)C(=O)N2CCN2CCOCC2)c1. The number of Topliss-reactive ketones (excluding diaryl/α,β-unsaturated/α-hetero) is 1. The minimum Gasteiger partial charge on any atom is -0.507 e. The van der Waals surface area contributed by atoms with Crippen LogP contribution in [0.3, 0.4) is 0 Å². The zero-order chi connectivity index (χ0) is 24.1. The van der Waals surface area contributed by atoms with Crippen molar-refractivity contribution in [3.05, 3.63) is 82.9 Å². The first kappa shape index (κ1) is 24.0. The monoisotopic (exact) mass is 482 g/mol. The van der Waals surface area contributed by atoms with Crippen LogP contribution in [-0.2, 0) is 14.3 Å². The number of likely N-dealkylation sites (tertiary alicyclic amines) is 1. The number of aliphatic hydroxyl groups is 1. The third-order valence-electron chi connectivity index (χ3n) is 5.96. The van der Waals surface area contributed by atoms with Gasteiger partial charge in [-0.25, -0.2) is 0 Å². The van der Waals surface area contributed by atoms with E-state index < -0.39 is 17.7 Å². The molecule has 2 heterocycles. The van der Waals surface area contributed by atoms with Gasteiger partial charge in [-0.3, -0.25) is 14.5 Å². The lowest BCUT2D eigenvalue weighted by Gasteiger charge is -2.31. The van der Waals surface area contributed by atoms with Crippen molar-refractivity contribution in [2.75, 3.05) is 46.0 Å². The fourth-order valence-electron chi connectivity index (χ4n) is 4.22. The molecule has 0 aromatic heterocycles. The molecule has 2 aliphatic rings. The van der Waals surface area contributed by atoms with Crippen molar-refractivity contribution >= 4 is 29.1 Å². The van der Waals surface area contributed by atoms with Crippen LogP contribution in [0.25, 0.3) is 5.76 Å². The largest absolute Gasteiger partial charge is 0.507 e. The summed E-state index contributed by atoms with van der Waals surface area (Å²) in [6.45, 7) is 7.74. The summed E-state index contributed by atoms with van der Waals surface area (Å²) in [5.41, 5.74) is 1.15. The molecule has 34 heavy (non-hydrogen) atoms. The van der Waals surface area contributed by atoms with Crippen molar-refractivity contribution in [2.45, 2.75) is 6.04 Å². The molecule has 8 heteroatoms. The number of hydrogen-bond donors (Lipinski definition) is 1. The van der Waals surface area contributed by atoms with E-state index in [0.29, 0.717) is 54.8 Å². The Balaban J connectivity index is 1.73. The fourth-order valence-corrected chi connectivity index (χ4v) is 4.35. The van der Waals surface area contributed by atoms with Gasteiger partial charge in [0.2, 0.25) is 0 Å². The highest BCUT2D eigenvalue weighted by Crippen LogP contribution is 2.40. The highest BCUT2D eigenvalue weighted by atomic mass is 35.5. The normalized spacial score (nSPS) is 20.5. The lowest BCUT2D eigenvalue weighted by molar-refractivity contribution is -0.140. The summed E-state index contributed by atoms with van der Waals surface area (Å²) in [5.74, 6) is -0.989. The van der Waals surface area contributed by atoms with Gasteiger partial charge in [0.05, 0.1) is 24.8 Å². The highest BCUT2D eigenvalue weighted by Gasteiger charge is 2.46. The number of halogens is 1. The summed E-state index contributed by atoms with van der Waals surface area (Å²) in [4.78, 5) is 30.0. The number of ether oxygens (including phenoxy) is 2. The van der Waals surface area contributed by atoms with Crippen LogP contribution in [0.1, 0.15) is 17.2 Å². The van der Waals surface area contributed by atoms with E-state index in [9.17, 15) is 14.7 Å². The number of aliphatic hydroxyl groups excluding tert-OH is 1. The van der Waals surface area contributed by atoms with E-state index in [1.165, 1.54) is 4.90 Å². The van der Waals surface area contributed by atoms with E-state index in [-0.39, 0.29) is 11.3 Å². The smallest absolute Gasteiger partial charge is 0.295 e. The van der Waals surface area contributed by atoms with E-state index in [1.54, 1.807) is 48.5 Å². The molecule has 178 valence electrons. The molecule has 1 N–H and O–H groups in total. The number of nitrogens with zero attached hydrogens (tertiary/aromatic N) is 2. The number of hydrogen-bond acceptors (Lipinski definition) is 6. The average molecular weight is 483 g/mol. The molecule has 0 bridgehead atoms. The molecule has 1 atom stereocenters. The Morgan fingerprint density at radius 1 is 1.15 bits per heavy atom. The molecule has 0 aliphatic carbocycles. The Hall–Kier alpha value is -3.13. The maximum Gasteiger partial charge on any atom is 0.295 e. The second-order valence-corrected chi connectivity index (χ2v) is 8.56. The zero-order valence-electron chi connectivity index (χ0n) is 18.8. The number of carbonyl (C=O) groups is 2. The zero-order valence-corrected chi connectivity index (χ0v) is 19.5. The predicted molar refractivity (Wildman–Crippen MR) is 130 cm³/mol. The van der Waals surface area contributed by atoms with Crippen LogP contribution in [-0.4, -0.2) is 72.6 Å². The third kappa shape index (κ3) is 5.17. The van der Waals surface area contributed by atoms with Crippen LogP contribution in [0, 0.1) is 0 Å². The third-order valence-corrected chi connectivity index (χ3v) is 6.21. The topological polar surface area (TPSA) is 79.3 Å². The molecule has 2 saturated heterocycles. The molecule has 2 aliphatic heterocycles. The second kappa shape index (κ2) is 10.9. The van der Waals surface area contributed by atoms with Gasteiger partial charge >= 0.3 is 0 Å². The first-order valence-electron chi connectivity index (χ1n) is 11.2. The Labute approximate surface area is 203 Å². The van der Waals surface area contributed by atoms with Crippen molar-refractivity contribution in [3.63, 3.8) is 0 Å². The lowest BCUT2D eigenvalue weighted by atomic mass is 9.95. The van der Waals surface area contributed by atoms with Crippen LogP contribution in [0.5, 0.6) is 5.75 Å². The number of carbonyl (C=O) groups excluding carboxylic acids is 2. The number of ketones is 1. The summed E-state index contributed by atoms with van der Waals surface area (Å²) >= 11 is 5.99. The summed E-state index contributed by atoms with van der Waals surface area (Å²) in [6, 6.07) is 13.0. The second-order valence-electron chi connectivity index (χ2n) is 8.13. The molecular formula is C26H27ClN2O5. The maximum atomic E-state index is 13.2. The molecule has 2 fully saturated rings. The van der Waals surface area contributed by atoms with Crippen molar-refractivity contribution in [3.8, 4) is 5.75 Å². The Morgan fingerprint density at radius 2 is 1.88 bits per heavy atom. The summed E-state index contributed by atoms with van der Waals surface area (Å²) in [6.07, 6.45) is 1.64. The van der Waals surface area contributed by atoms with Gasteiger partial charge in [0.15, 0.2) is 0 Å². The van der Waals surface area contributed by atoms with Crippen LogP contribution < -0.4 is 4.74 Å². The van der Waals surface area contributed by atoms with Crippen molar-refractivity contribution in [2.24, 2.45) is 0 Å². The minimum atomic E-state index is -0.746. The molecule has 4 rings (SSSR count). The van der Waals surface area contributed by atoms with Crippen molar-refractivity contribution < 1.29 is 24.2 Å². The van der Waals surface area contributed by atoms with E-state index >= 15 is 0 Å². The minimum absolute atomic E-state index is 0.0511. The quantitative estimate of drug-likeness (QED) is 0.268. The predicted octanol–water partition coefficient (Wildman–Crippen LogP) is 3.66. The molecule has 0 saturated carbocycles. The Bertz CT molecular complexity index is 1090. The van der Waals surface area contributed by atoms with Crippen molar-refractivity contribution in [1.82, 2.24) is 9.80 Å². The van der Waals surface area contributed by atoms with Gasteiger partial charge in [-0.2, -0.15) is 0 Å². The summed E-state index contributed by atoms with van der Waals surface area (Å²) in [5, 5.41) is 11.6. The van der Waals surface area contributed by atoms with Crippen LogP contribution in [0.2, 0.25) is 5.02 Å². The van der Waals surface area contributed by atoms with Crippen LogP contribution in [0.15, 0.2) is 66.8 Å². The number of rotatable bonds is 8. The van der Waals surface area contributed by atoms with Gasteiger partial charge in [0.1, 0.15) is 18.1 Å². The Kier molecular flexibility index (Phi) is 7.67. The first-order chi connectivity index (χ1) is 16.5. The highest BCUT2D eigenvalue weighted by molar-refractivity contribution is 6.46. The lowest BCUT2D eigenvalue weighted by Crippen LogP contribution is -2.42. The first-order valence-corrected chi connectivity index (χ1v) is 11.6. The van der Waals surface area contributed by atoms with Gasteiger partial charge in [0.25, 0.3) is 11.7 Å². The van der Waals surface area contributed by atoms with Gasteiger partial charge in [-0.15, -0.1) is 0 Å². The molecule has 2 aromatic carbocycles. The Morgan fingerprint density at radius 3 is 2.59 bits per heavy atom. The van der Waals surface area contributed by atoms with E-state index in [0.717, 1.165) is 13.1 Å². The molecular weight excluding hydrogens is 456 g/mol. The van der Waals surface area contributed by atoms with E-state index in [4.69, 9.17) is 21.1 Å². The van der Waals surface area contributed by atoms with E-state index in [1.807, 2.05) is 6.07 Å². The van der Waals surface area contributed by atoms with Crippen LogP contribution >= 0.6 is 11.6 Å².